The fourth-order valence-corrected chi connectivity index (χ4v) is 2.12. The molecule has 0 aromatic carbocycles. The summed E-state index contributed by atoms with van der Waals surface area (Å²) in [7, 11) is 0. The lowest BCUT2D eigenvalue weighted by Gasteiger charge is -1.86. The van der Waals surface area contributed by atoms with Crippen LogP contribution in [0.1, 0.15) is 0 Å². The predicted octanol–water partition coefficient (Wildman–Crippen LogP) is 3.21. The van der Waals surface area contributed by atoms with Gasteiger partial charge in [0.1, 0.15) is 5.01 Å². The molecule has 3 nitrogen and oxygen atoms in total. The lowest BCUT2D eigenvalue weighted by molar-refractivity contribution is 0.570. The largest absolute Gasteiger partial charge is 0.452 e. The highest BCUT2D eigenvalue weighted by molar-refractivity contribution is 9.10. The zero-order chi connectivity index (χ0) is 8.55. The summed E-state index contributed by atoms with van der Waals surface area (Å²) in [6.07, 6.45) is 1.52. The highest BCUT2D eigenvalue weighted by Gasteiger charge is 2.10. The quantitative estimate of drug-likeness (QED) is 0.795. The van der Waals surface area contributed by atoms with Crippen LogP contribution in [-0.2, 0) is 0 Å². The van der Waals surface area contributed by atoms with Crippen LogP contribution in [0.15, 0.2) is 21.5 Å². The average Bonchev–Trinajstić information content (AvgIpc) is 2.58. The molecule has 0 aliphatic carbocycles. The first-order valence-corrected chi connectivity index (χ1v) is 4.94. The molecular formula is C6H2BrClN2OS. The molecule has 0 saturated carbocycles. The van der Waals surface area contributed by atoms with E-state index in [9.17, 15) is 0 Å². The molecule has 0 spiro atoms. The molecular weight excluding hydrogens is 264 g/mol. The number of aromatic nitrogens is 2. The number of rotatable bonds is 1. The van der Waals surface area contributed by atoms with Crippen molar-refractivity contribution in [2.75, 3.05) is 0 Å². The predicted molar refractivity (Wildman–Crippen MR) is 50.3 cm³/mol. The van der Waals surface area contributed by atoms with E-state index < -0.39 is 0 Å². The highest BCUT2D eigenvalue weighted by Crippen LogP contribution is 2.30. The molecule has 0 bridgehead atoms. The Hall–Kier alpha value is -0.390. The maximum Gasteiger partial charge on any atom is 0.209 e. The highest BCUT2D eigenvalue weighted by atomic mass is 79.9. The second-order valence-electron chi connectivity index (χ2n) is 1.98. The SMILES string of the molecule is Clc1occc1-c1nc(Br)ns1. The minimum Gasteiger partial charge on any atom is -0.452 e. The van der Waals surface area contributed by atoms with Crippen LogP contribution in [0.2, 0.25) is 5.22 Å². The third kappa shape index (κ3) is 1.39. The van der Waals surface area contributed by atoms with Crippen LogP contribution in [0.25, 0.3) is 10.6 Å². The molecule has 0 aliphatic heterocycles. The first kappa shape index (κ1) is 8.22. The van der Waals surface area contributed by atoms with Crippen molar-refractivity contribution in [2.24, 2.45) is 0 Å². The minimum absolute atomic E-state index is 0.346. The molecule has 62 valence electrons. The molecule has 0 saturated heterocycles. The Morgan fingerprint density at radius 1 is 1.58 bits per heavy atom. The van der Waals surface area contributed by atoms with Gasteiger partial charge in [-0.05, 0) is 45.1 Å². The maximum atomic E-state index is 5.74. The van der Waals surface area contributed by atoms with Crippen molar-refractivity contribution in [1.29, 1.82) is 0 Å². The van der Waals surface area contributed by atoms with E-state index in [-0.39, 0.29) is 0 Å². The van der Waals surface area contributed by atoms with Crippen LogP contribution in [0, 0.1) is 0 Å². The second-order valence-corrected chi connectivity index (χ2v) is 3.78. The van der Waals surface area contributed by atoms with Crippen molar-refractivity contribution in [3.63, 3.8) is 0 Å². The Labute approximate surface area is 85.7 Å². The zero-order valence-electron chi connectivity index (χ0n) is 5.62. The van der Waals surface area contributed by atoms with E-state index in [1.807, 2.05) is 0 Å². The van der Waals surface area contributed by atoms with Gasteiger partial charge in [-0.25, -0.2) is 4.98 Å². The van der Waals surface area contributed by atoms with Gasteiger partial charge in [0.2, 0.25) is 9.95 Å². The average molecular weight is 266 g/mol. The molecule has 2 rings (SSSR count). The molecule has 0 aliphatic rings. The van der Waals surface area contributed by atoms with Gasteiger partial charge in [-0.3, -0.25) is 0 Å². The monoisotopic (exact) mass is 264 g/mol. The van der Waals surface area contributed by atoms with Crippen molar-refractivity contribution >= 4 is 39.1 Å². The summed E-state index contributed by atoms with van der Waals surface area (Å²) in [6, 6.07) is 1.76. The van der Waals surface area contributed by atoms with E-state index in [1.165, 1.54) is 17.8 Å². The minimum atomic E-state index is 0.346. The summed E-state index contributed by atoms with van der Waals surface area (Å²) >= 11 is 10.2. The fourth-order valence-electron chi connectivity index (χ4n) is 0.761. The first-order valence-electron chi connectivity index (χ1n) is 3.00. The normalized spacial score (nSPS) is 10.5. The van der Waals surface area contributed by atoms with Crippen LogP contribution in [0.4, 0.5) is 0 Å². The van der Waals surface area contributed by atoms with Gasteiger partial charge in [0, 0.05) is 0 Å². The van der Waals surface area contributed by atoms with Gasteiger partial charge in [0.15, 0.2) is 0 Å². The Kier molecular flexibility index (Phi) is 2.16. The second kappa shape index (κ2) is 3.16. The Balaban J connectivity index is 2.50. The molecule has 2 aromatic heterocycles. The van der Waals surface area contributed by atoms with Crippen LogP contribution in [-0.4, -0.2) is 9.36 Å². The van der Waals surface area contributed by atoms with E-state index >= 15 is 0 Å². The Morgan fingerprint density at radius 3 is 2.92 bits per heavy atom. The number of halogens is 2. The summed E-state index contributed by atoms with van der Waals surface area (Å²) in [4.78, 5) is 4.09. The smallest absolute Gasteiger partial charge is 0.209 e. The van der Waals surface area contributed by atoms with Gasteiger partial charge >= 0.3 is 0 Å². The third-order valence-corrected chi connectivity index (χ3v) is 2.88. The Bertz CT molecular complexity index is 400. The van der Waals surface area contributed by atoms with Crippen LogP contribution < -0.4 is 0 Å². The van der Waals surface area contributed by atoms with Gasteiger partial charge in [-0.2, -0.15) is 4.37 Å². The van der Waals surface area contributed by atoms with Gasteiger partial charge < -0.3 is 4.42 Å². The van der Waals surface area contributed by atoms with Gasteiger partial charge in [0.25, 0.3) is 0 Å². The lowest BCUT2D eigenvalue weighted by Crippen LogP contribution is -1.70. The summed E-state index contributed by atoms with van der Waals surface area (Å²) in [5.41, 5.74) is 0.778. The van der Waals surface area contributed by atoms with E-state index in [1.54, 1.807) is 6.07 Å². The van der Waals surface area contributed by atoms with E-state index in [2.05, 4.69) is 25.3 Å². The fraction of sp³-hybridized carbons (Fsp3) is 0. The molecule has 0 amide bonds. The molecule has 0 radical (unpaired) electrons. The topological polar surface area (TPSA) is 38.9 Å². The van der Waals surface area contributed by atoms with Crippen molar-refractivity contribution < 1.29 is 4.42 Å². The first-order chi connectivity index (χ1) is 5.77. The summed E-state index contributed by atoms with van der Waals surface area (Å²) in [6.45, 7) is 0. The summed E-state index contributed by atoms with van der Waals surface area (Å²) in [5, 5.41) is 1.10. The van der Waals surface area contributed by atoms with Crippen LogP contribution in [0.5, 0.6) is 0 Å². The number of hydrogen-bond donors (Lipinski definition) is 0. The van der Waals surface area contributed by atoms with Crippen LogP contribution in [0.3, 0.4) is 0 Å². The maximum absolute atomic E-state index is 5.74. The molecule has 2 heterocycles. The van der Waals surface area contributed by atoms with E-state index in [0.29, 0.717) is 9.95 Å². The standard InChI is InChI=1S/C6H2BrClN2OS/c7-6-9-5(12-10-6)3-1-2-11-4(3)8/h1-2H. The van der Waals surface area contributed by atoms with Crippen LogP contribution >= 0.6 is 39.1 Å². The molecule has 0 atom stereocenters. The van der Waals surface area contributed by atoms with Crippen molar-refractivity contribution in [3.05, 3.63) is 22.3 Å². The molecule has 2 aromatic rings. The molecule has 6 heteroatoms. The number of hydrogen-bond acceptors (Lipinski definition) is 4. The van der Waals surface area contributed by atoms with Crippen molar-refractivity contribution in [3.8, 4) is 10.6 Å². The van der Waals surface area contributed by atoms with Gasteiger partial charge in [-0.1, -0.05) is 0 Å². The number of nitrogens with zero attached hydrogens (tertiary/aromatic N) is 2. The summed E-state index contributed by atoms with van der Waals surface area (Å²) < 4.78 is 9.45. The van der Waals surface area contributed by atoms with Gasteiger partial charge in [-0.15, -0.1) is 0 Å². The molecule has 0 fully saturated rings. The van der Waals surface area contributed by atoms with E-state index in [0.717, 1.165) is 10.6 Å². The summed E-state index contributed by atoms with van der Waals surface area (Å²) in [5.74, 6) is 0. The zero-order valence-corrected chi connectivity index (χ0v) is 8.78. The van der Waals surface area contributed by atoms with Crippen molar-refractivity contribution in [1.82, 2.24) is 9.36 Å². The number of furan rings is 1. The molecule has 0 N–H and O–H groups in total. The Morgan fingerprint density at radius 2 is 2.42 bits per heavy atom. The van der Waals surface area contributed by atoms with Gasteiger partial charge in [0.05, 0.1) is 11.8 Å². The van der Waals surface area contributed by atoms with Crippen molar-refractivity contribution in [2.45, 2.75) is 0 Å². The third-order valence-electron chi connectivity index (χ3n) is 1.25. The molecule has 12 heavy (non-hydrogen) atoms. The molecule has 0 unspecified atom stereocenters. The van der Waals surface area contributed by atoms with E-state index in [4.69, 9.17) is 16.0 Å². The lowest BCUT2D eigenvalue weighted by atomic mass is 10.4.